The molecule has 10 nitrogen and oxygen atoms in total. The van der Waals surface area contributed by atoms with Crippen molar-refractivity contribution >= 4 is 32.2 Å². The van der Waals surface area contributed by atoms with E-state index in [1.807, 2.05) is 0 Å². The van der Waals surface area contributed by atoms with Crippen LogP contribution in [0.1, 0.15) is 31.8 Å². The van der Waals surface area contributed by atoms with Crippen molar-refractivity contribution in [2.24, 2.45) is 0 Å². The first-order valence-corrected chi connectivity index (χ1v) is 10.5. The second kappa shape index (κ2) is 8.58. The van der Waals surface area contributed by atoms with Gasteiger partial charge in [-0.25, -0.2) is 9.59 Å². The summed E-state index contributed by atoms with van der Waals surface area (Å²) in [6.45, 7) is -1.15. The zero-order valence-electron chi connectivity index (χ0n) is 14.5. The molecule has 26 heavy (non-hydrogen) atoms. The average molecular weight is 410 g/mol. The predicted octanol–water partition coefficient (Wildman–Crippen LogP) is 0.212. The number of hydrogen-bond acceptors (Lipinski definition) is 10. The monoisotopic (exact) mass is 410 g/mol. The van der Waals surface area contributed by atoms with Gasteiger partial charge in [-0.3, -0.25) is 8.37 Å². The highest BCUT2D eigenvalue weighted by Crippen LogP contribution is 2.24. The van der Waals surface area contributed by atoms with Crippen molar-refractivity contribution in [3.63, 3.8) is 0 Å². The normalized spacial score (nSPS) is 11.8. The molecule has 1 rings (SSSR count). The van der Waals surface area contributed by atoms with E-state index >= 15 is 0 Å². The predicted molar refractivity (Wildman–Crippen MR) is 88.4 cm³/mol. The van der Waals surface area contributed by atoms with E-state index in [9.17, 15) is 26.4 Å². The average Bonchev–Trinajstić information content (AvgIpc) is 2.54. The van der Waals surface area contributed by atoms with Crippen LogP contribution in [-0.4, -0.2) is 55.5 Å². The van der Waals surface area contributed by atoms with E-state index < -0.39 is 45.4 Å². The van der Waals surface area contributed by atoms with Crippen molar-refractivity contribution in [2.75, 3.05) is 26.7 Å². The summed E-state index contributed by atoms with van der Waals surface area (Å²) in [5, 5.41) is 0. The lowest BCUT2D eigenvalue weighted by atomic mass is 9.96. The van der Waals surface area contributed by atoms with Gasteiger partial charge in [0.05, 0.1) is 51.1 Å². The molecule has 0 saturated carbocycles. The standard InChI is InChI=1S/C14H18O10S2/c1-21-13(15)10-6-5-9(7-23-25(3,17)18)11(8-24-26(4,19)20)12(10)14(16)22-2/h5-6H,7-8H2,1-4H3. The zero-order chi connectivity index (χ0) is 20.1. The van der Waals surface area contributed by atoms with Crippen LogP contribution in [-0.2, 0) is 51.3 Å². The van der Waals surface area contributed by atoms with E-state index in [1.54, 1.807) is 0 Å². The molecule has 0 aliphatic rings. The third-order valence-electron chi connectivity index (χ3n) is 3.05. The van der Waals surface area contributed by atoms with Gasteiger partial charge in [-0.1, -0.05) is 6.07 Å². The van der Waals surface area contributed by atoms with Gasteiger partial charge in [0.25, 0.3) is 20.2 Å². The Morgan fingerprint density at radius 3 is 1.81 bits per heavy atom. The lowest BCUT2D eigenvalue weighted by Crippen LogP contribution is -2.18. The van der Waals surface area contributed by atoms with Crippen LogP contribution < -0.4 is 0 Å². The van der Waals surface area contributed by atoms with E-state index in [1.165, 1.54) is 12.1 Å². The molecule has 0 aliphatic heterocycles. The van der Waals surface area contributed by atoms with Crippen molar-refractivity contribution in [3.05, 3.63) is 34.4 Å². The molecule has 0 fully saturated rings. The Morgan fingerprint density at radius 2 is 1.35 bits per heavy atom. The van der Waals surface area contributed by atoms with Gasteiger partial charge in [0.1, 0.15) is 0 Å². The maximum absolute atomic E-state index is 12.2. The Morgan fingerprint density at radius 1 is 0.846 bits per heavy atom. The van der Waals surface area contributed by atoms with Gasteiger partial charge in [0, 0.05) is 5.56 Å². The summed E-state index contributed by atoms with van der Waals surface area (Å²) in [7, 11) is -5.56. The lowest BCUT2D eigenvalue weighted by Gasteiger charge is -2.16. The summed E-state index contributed by atoms with van der Waals surface area (Å²) in [5.74, 6) is -1.83. The van der Waals surface area contributed by atoms with Crippen molar-refractivity contribution < 1.29 is 44.3 Å². The van der Waals surface area contributed by atoms with Crippen LogP contribution in [0.2, 0.25) is 0 Å². The van der Waals surface area contributed by atoms with Crippen molar-refractivity contribution in [2.45, 2.75) is 13.2 Å². The second-order valence-electron chi connectivity index (χ2n) is 5.04. The molecule has 0 heterocycles. The fourth-order valence-corrected chi connectivity index (χ4v) is 2.62. The fourth-order valence-electron chi connectivity index (χ4n) is 1.94. The van der Waals surface area contributed by atoms with Gasteiger partial charge in [-0.15, -0.1) is 0 Å². The quantitative estimate of drug-likeness (QED) is 0.431. The highest BCUT2D eigenvalue weighted by Gasteiger charge is 2.26. The van der Waals surface area contributed by atoms with Crippen LogP contribution >= 0.6 is 0 Å². The van der Waals surface area contributed by atoms with Gasteiger partial charge >= 0.3 is 11.9 Å². The molecule has 12 heteroatoms. The molecule has 0 saturated heterocycles. The number of methoxy groups -OCH3 is 2. The Hall–Kier alpha value is -2.02. The van der Waals surface area contributed by atoms with Gasteiger partial charge in [-0.05, 0) is 11.6 Å². The Labute approximate surface area is 151 Å². The Bertz CT molecular complexity index is 900. The minimum atomic E-state index is -3.90. The molecule has 0 aliphatic carbocycles. The minimum Gasteiger partial charge on any atom is -0.465 e. The maximum Gasteiger partial charge on any atom is 0.339 e. The summed E-state index contributed by atoms with van der Waals surface area (Å²) < 4.78 is 63.6. The number of benzene rings is 1. The highest BCUT2D eigenvalue weighted by atomic mass is 32.2. The molecule has 0 atom stereocenters. The van der Waals surface area contributed by atoms with E-state index in [-0.39, 0.29) is 22.3 Å². The minimum absolute atomic E-state index is 0.0752. The molecule has 146 valence electrons. The summed E-state index contributed by atoms with van der Waals surface area (Å²) in [5.41, 5.74) is -0.465. The maximum atomic E-state index is 12.2. The Balaban J connectivity index is 3.58. The van der Waals surface area contributed by atoms with Crippen molar-refractivity contribution in [1.82, 2.24) is 0 Å². The van der Waals surface area contributed by atoms with Gasteiger partial charge in [-0.2, -0.15) is 16.8 Å². The summed E-state index contributed by atoms with van der Waals surface area (Å²) in [4.78, 5) is 24.1. The Kier molecular flexibility index (Phi) is 7.26. The van der Waals surface area contributed by atoms with Crippen LogP contribution in [0.15, 0.2) is 12.1 Å². The van der Waals surface area contributed by atoms with E-state index in [2.05, 4.69) is 13.7 Å². The van der Waals surface area contributed by atoms with Crippen LogP contribution in [0, 0.1) is 0 Å². The number of ether oxygens (including phenoxy) is 2. The molecule has 1 aromatic carbocycles. The number of esters is 2. The topological polar surface area (TPSA) is 139 Å². The summed E-state index contributed by atoms with van der Waals surface area (Å²) in [6.07, 6.45) is 1.62. The number of rotatable bonds is 8. The van der Waals surface area contributed by atoms with E-state index in [4.69, 9.17) is 4.18 Å². The second-order valence-corrected chi connectivity index (χ2v) is 8.33. The molecular formula is C14H18O10S2. The number of carbonyl (C=O) groups excluding carboxylic acids is 2. The third-order valence-corrected chi connectivity index (χ3v) is 4.14. The molecule has 0 bridgehead atoms. The van der Waals surface area contributed by atoms with Gasteiger partial charge in [0.2, 0.25) is 0 Å². The number of carbonyl (C=O) groups is 2. The summed E-state index contributed by atoms with van der Waals surface area (Å²) in [6, 6.07) is 2.51. The molecule has 0 unspecified atom stereocenters. The fraction of sp³-hybridized carbons (Fsp3) is 0.429. The largest absolute Gasteiger partial charge is 0.465 e. The SMILES string of the molecule is COC(=O)c1ccc(COS(C)(=O)=O)c(COS(C)(=O)=O)c1C(=O)OC. The highest BCUT2D eigenvalue weighted by molar-refractivity contribution is 7.86. The molecule has 0 radical (unpaired) electrons. The van der Waals surface area contributed by atoms with Crippen LogP contribution in [0.3, 0.4) is 0 Å². The number of hydrogen-bond donors (Lipinski definition) is 0. The first-order valence-electron chi connectivity index (χ1n) is 6.89. The third kappa shape index (κ3) is 6.37. The van der Waals surface area contributed by atoms with Gasteiger partial charge in [0.15, 0.2) is 0 Å². The molecule has 0 spiro atoms. The lowest BCUT2D eigenvalue weighted by molar-refractivity contribution is 0.0552. The van der Waals surface area contributed by atoms with Crippen LogP contribution in [0.25, 0.3) is 0 Å². The van der Waals surface area contributed by atoms with Crippen molar-refractivity contribution in [3.8, 4) is 0 Å². The van der Waals surface area contributed by atoms with Crippen LogP contribution in [0.5, 0.6) is 0 Å². The molecule has 0 N–H and O–H groups in total. The van der Waals surface area contributed by atoms with Gasteiger partial charge < -0.3 is 9.47 Å². The first-order chi connectivity index (χ1) is 11.9. The van der Waals surface area contributed by atoms with E-state index in [0.717, 1.165) is 26.7 Å². The van der Waals surface area contributed by atoms with Crippen molar-refractivity contribution in [1.29, 1.82) is 0 Å². The molecule has 0 aromatic heterocycles. The molecular weight excluding hydrogens is 392 g/mol. The summed E-state index contributed by atoms with van der Waals surface area (Å²) >= 11 is 0. The zero-order valence-corrected chi connectivity index (χ0v) is 16.1. The van der Waals surface area contributed by atoms with E-state index in [0.29, 0.717) is 0 Å². The first kappa shape index (κ1) is 22.0. The van der Waals surface area contributed by atoms with Crippen LogP contribution in [0.4, 0.5) is 0 Å². The molecule has 0 amide bonds. The molecule has 1 aromatic rings. The smallest absolute Gasteiger partial charge is 0.339 e.